The first-order valence-electron chi connectivity index (χ1n) is 7.83. The van der Waals surface area contributed by atoms with Crippen molar-refractivity contribution in [1.82, 2.24) is 4.90 Å². The second-order valence-corrected chi connectivity index (χ2v) is 6.20. The van der Waals surface area contributed by atoms with E-state index >= 15 is 0 Å². The summed E-state index contributed by atoms with van der Waals surface area (Å²) in [6, 6.07) is 8.39. The van der Waals surface area contributed by atoms with Crippen LogP contribution >= 0.6 is 0 Å². The molecule has 0 saturated carbocycles. The van der Waals surface area contributed by atoms with E-state index in [1.54, 1.807) is 0 Å². The molecule has 4 nitrogen and oxygen atoms in total. The summed E-state index contributed by atoms with van der Waals surface area (Å²) in [5, 5.41) is 3.56. The van der Waals surface area contributed by atoms with E-state index < -0.39 is 5.54 Å². The third-order valence-electron chi connectivity index (χ3n) is 5.03. The fourth-order valence-corrected chi connectivity index (χ4v) is 3.87. The number of nitrogens with one attached hydrogen (secondary N) is 1. The Labute approximate surface area is 126 Å². The summed E-state index contributed by atoms with van der Waals surface area (Å²) in [7, 11) is 1.50. The van der Waals surface area contributed by atoms with Crippen LogP contribution in [-0.4, -0.2) is 42.6 Å². The van der Waals surface area contributed by atoms with Gasteiger partial charge in [0.2, 0.25) is 0 Å². The third kappa shape index (κ3) is 2.42. The van der Waals surface area contributed by atoms with E-state index in [9.17, 15) is 4.79 Å². The molecule has 2 fully saturated rings. The average Bonchev–Trinajstić information content (AvgIpc) is 2.89. The van der Waals surface area contributed by atoms with Crippen LogP contribution in [0.5, 0.6) is 0 Å². The number of rotatable bonds is 3. The van der Waals surface area contributed by atoms with Crippen molar-refractivity contribution in [3.63, 3.8) is 0 Å². The summed E-state index contributed by atoms with van der Waals surface area (Å²) in [5.74, 6) is -0.125. The van der Waals surface area contributed by atoms with Crippen molar-refractivity contribution in [2.75, 3.05) is 25.5 Å². The normalized spacial score (nSPS) is 29.0. The standard InChI is InChI=1S/C17H24N2O2/c1-13-7-3-4-8-14(13)18-17(16(20)21-2)10-12-19-11-6-5-9-15(17)19/h3-4,7-8,15,18H,5-6,9-12H2,1-2H3. The van der Waals surface area contributed by atoms with Crippen LogP contribution in [-0.2, 0) is 9.53 Å². The largest absolute Gasteiger partial charge is 0.467 e. The molecule has 4 heteroatoms. The second kappa shape index (κ2) is 5.68. The van der Waals surface area contributed by atoms with Crippen LogP contribution in [0.1, 0.15) is 31.2 Å². The van der Waals surface area contributed by atoms with E-state index in [-0.39, 0.29) is 12.0 Å². The van der Waals surface area contributed by atoms with Crippen LogP contribution in [0.4, 0.5) is 5.69 Å². The van der Waals surface area contributed by atoms with Gasteiger partial charge in [-0.15, -0.1) is 0 Å². The Hall–Kier alpha value is -1.55. The van der Waals surface area contributed by atoms with Gasteiger partial charge in [0.15, 0.2) is 5.54 Å². The van der Waals surface area contributed by atoms with Gasteiger partial charge in [0.05, 0.1) is 7.11 Å². The molecule has 2 atom stereocenters. The highest BCUT2D eigenvalue weighted by Gasteiger charge is 2.54. The van der Waals surface area contributed by atoms with E-state index in [1.807, 2.05) is 18.2 Å². The van der Waals surface area contributed by atoms with Crippen LogP contribution in [0.25, 0.3) is 0 Å². The summed E-state index contributed by atoms with van der Waals surface area (Å²) < 4.78 is 5.17. The summed E-state index contributed by atoms with van der Waals surface area (Å²) in [6.07, 6.45) is 4.31. The van der Waals surface area contributed by atoms with E-state index in [4.69, 9.17) is 4.74 Å². The zero-order valence-corrected chi connectivity index (χ0v) is 12.9. The molecule has 0 spiro atoms. The molecule has 114 valence electrons. The van der Waals surface area contributed by atoms with Crippen molar-refractivity contribution in [2.45, 2.75) is 44.2 Å². The number of aryl methyl sites for hydroxylation is 1. The molecule has 0 amide bonds. The zero-order chi connectivity index (χ0) is 14.9. The van der Waals surface area contributed by atoms with Crippen LogP contribution < -0.4 is 5.32 Å². The Morgan fingerprint density at radius 2 is 2.14 bits per heavy atom. The number of hydrogen-bond donors (Lipinski definition) is 1. The number of para-hydroxylation sites is 1. The Morgan fingerprint density at radius 1 is 1.33 bits per heavy atom. The lowest BCUT2D eigenvalue weighted by Gasteiger charge is -2.40. The minimum atomic E-state index is -0.596. The van der Waals surface area contributed by atoms with Crippen molar-refractivity contribution in [2.24, 2.45) is 0 Å². The van der Waals surface area contributed by atoms with Crippen LogP contribution in [0.2, 0.25) is 0 Å². The van der Waals surface area contributed by atoms with Gasteiger partial charge in [-0.3, -0.25) is 4.90 Å². The van der Waals surface area contributed by atoms with Gasteiger partial charge in [0, 0.05) is 18.3 Å². The molecule has 0 radical (unpaired) electrons. The summed E-state index contributed by atoms with van der Waals surface area (Å²) in [4.78, 5) is 15.0. The number of carbonyl (C=O) groups excluding carboxylic acids is 1. The first-order valence-corrected chi connectivity index (χ1v) is 7.83. The van der Waals surface area contributed by atoms with Crippen LogP contribution in [0.15, 0.2) is 24.3 Å². The van der Waals surface area contributed by atoms with Crippen molar-refractivity contribution in [1.29, 1.82) is 0 Å². The van der Waals surface area contributed by atoms with Gasteiger partial charge in [-0.05, 0) is 44.4 Å². The van der Waals surface area contributed by atoms with Gasteiger partial charge in [-0.2, -0.15) is 0 Å². The van der Waals surface area contributed by atoms with Crippen molar-refractivity contribution in [3.05, 3.63) is 29.8 Å². The predicted octanol–water partition coefficient (Wildman–Crippen LogP) is 2.58. The maximum atomic E-state index is 12.6. The maximum absolute atomic E-state index is 12.6. The highest BCUT2D eigenvalue weighted by atomic mass is 16.5. The summed E-state index contributed by atoms with van der Waals surface area (Å²) in [5.41, 5.74) is 1.60. The molecular weight excluding hydrogens is 264 g/mol. The average molecular weight is 288 g/mol. The quantitative estimate of drug-likeness (QED) is 0.868. The number of hydrogen-bond acceptors (Lipinski definition) is 4. The van der Waals surface area contributed by atoms with Crippen molar-refractivity contribution in [3.8, 4) is 0 Å². The smallest absolute Gasteiger partial charge is 0.333 e. The molecule has 2 saturated heterocycles. The Kier molecular flexibility index (Phi) is 3.89. The third-order valence-corrected chi connectivity index (χ3v) is 5.03. The number of methoxy groups -OCH3 is 1. The minimum Gasteiger partial charge on any atom is -0.467 e. The van der Waals surface area contributed by atoms with Gasteiger partial charge in [0.1, 0.15) is 0 Å². The monoisotopic (exact) mass is 288 g/mol. The first kappa shape index (κ1) is 14.4. The molecule has 2 aliphatic heterocycles. The van der Waals surface area contributed by atoms with E-state index in [0.717, 1.165) is 37.2 Å². The van der Waals surface area contributed by atoms with E-state index in [2.05, 4.69) is 23.2 Å². The lowest BCUT2D eigenvalue weighted by molar-refractivity contribution is -0.147. The number of fused-ring (bicyclic) bond motifs is 1. The second-order valence-electron chi connectivity index (χ2n) is 6.20. The number of esters is 1. The number of ether oxygens (including phenoxy) is 1. The molecule has 2 aliphatic rings. The zero-order valence-electron chi connectivity index (χ0n) is 12.9. The SMILES string of the molecule is COC(=O)C1(Nc2ccccc2C)CCN2CCCCC21. The van der Waals surface area contributed by atoms with Crippen molar-refractivity contribution >= 4 is 11.7 Å². The molecule has 2 unspecified atom stereocenters. The molecule has 2 heterocycles. The molecule has 1 aromatic rings. The molecule has 1 N–H and O–H groups in total. The molecule has 3 rings (SSSR count). The highest BCUT2D eigenvalue weighted by molar-refractivity contribution is 5.86. The highest BCUT2D eigenvalue weighted by Crippen LogP contribution is 2.39. The van der Waals surface area contributed by atoms with Crippen molar-refractivity contribution < 1.29 is 9.53 Å². The molecule has 0 bridgehead atoms. The van der Waals surface area contributed by atoms with E-state index in [1.165, 1.54) is 20.0 Å². The van der Waals surface area contributed by atoms with Crippen LogP contribution in [0, 0.1) is 6.92 Å². The number of benzene rings is 1. The lowest BCUT2D eigenvalue weighted by atomic mass is 9.84. The lowest BCUT2D eigenvalue weighted by Crippen LogP contribution is -2.57. The number of anilines is 1. The van der Waals surface area contributed by atoms with Gasteiger partial charge >= 0.3 is 5.97 Å². The molecule has 21 heavy (non-hydrogen) atoms. The Bertz CT molecular complexity index is 531. The number of piperidine rings is 1. The first-order chi connectivity index (χ1) is 10.2. The summed E-state index contributed by atoms with van der Waals surface area (Å²) in [6.45, 7) is 4.14. The molecule has 0 aliphatic carbocycles. The topological polar surface area (TPSA) is 41.6 Å². The Balaban J connectivity index is 1.94. The van der Waals surface area contributed by atoms with E-state index in [0.29, 0.717) is 0 Å². The van der Waals surface area contributed by atoms with Gasteiger partial charge in [-0.1, -0.05) is 24.6 Å². The molecule has 1 aromatic carbocycles. The molecular formula is C17H24N2O2. The minimum absolute atomic E-state index is 0.125. The predicted molar refractivity (Wildman–Crippen MR) is 83.4 cm³/mol. The molecule has 0 aromatic heterocycles. The fraction of sp³-hybridized carbons (Fsp3) is 0.588. The fourth-order valence-electron chi connectivity index (χ4n) is 3.87. The van der Waals surface area contributed by atoms with Gasteiger partial charge in [0.25, 0.3) is 0 Å². The number of carbonyl (C=O) groups is 1. The van der Waals surface area contributed by atoms with Crippen LogP contribution in [0.3, 0.4) is 0 Å². The Morgan fingerprint density at radius 3 is 2.90 bits per heavy atom. The van der Waals surface area contributed by atoms with Gasteiger partial charge in [-0.25, -0.2) is 4.79 Å². The summed E-state index contributed by atoms with van der Waals surface area (Å²) >= 11 is 0. The number of nitrogens with zero attached hydrogens (tertiary/aromatic N) is 1. The van der Waals surface area contributed by atoms with Gasteiger partial charge < -0.3 is 10.1 Å². The maximum Gasteiger partial charge on any atom is 0.333 e.